The van der Waals surface area contributed by atoms with E-state index in [0.29, 0.717) is 0 Å². The lowest BCUT2D eigenvalue weighted by molar-refractivity contribution is -0.141. The molecule has 0 aromatic carbocycles. The number of aliphatic carboxylic acids is 1. The summed E-state index contributed by atoms with van der Waals surface area (Å²) in [5, 5.41) is 12.2. The Bertz CT molecular complexity index is 636. The number of carbonyl (C=O) groups is 3. The first-order valence-corrected chi connectivity index (χ1v) is 10.5. The Hall–Kier alpha value is -1.89. The highest BCUT2D eigenvalue weighted by atomic mass is 16.4. The SMILES string of the molecule is CC(=C[C@H](C(C)C)N(C)C(=O)[C@@H](NC(=O)[C@@H]1CCCCN1C)C(C)(C)C)C(=O)O. The third kappa shape index (κ3) is 6.84. The lowest BCUT2D eigenvalue weighted by atomic mass is 9.84. The van der Waals surface area contributed by atoms with Crippen molar-refractivity contribution >= 4 is 17.8 Å². The van der Waals surface area contributed by atoms with Crippen LogP contribution in [0.3, 0.4) is 0 Å². The van der Waals surface area contributed by atoms with E-state index in [9.17, 15) is 19.5 Å². The van der Waals surface area contributed by atoms with Gasteiger partial charge in [-0.25, -0.2) is 4.79 Å². The van der Waals surface area contributed by atoms with Crippen LogP contribution >= 0.6 is 0 Å². The molecule has 1 fully saturated rings. The van der Waals surface area contributed by atoms with Crippen LogP contribution in [0.15, 0.2) is 11.6 Å². The van der Waals surface area contributed by atoms with Crippen LogP contribution in [-0.4, -0.2) is 71.5 Å². The van der Waals surface area contributed by atoms with E-state index in [4.69, 9.17) is 0 Å². The number of rotatable bonds is 7. The minimum Gasteiger partial charge on any atom is -0.478 e. The molecule has 29 heavy (non-hydrogen) atoms. The molecule has 0 saturated carbocycles. The average molecular weight is 410 g/mol. The number of nitrogens with one attached hydrogen (secondary N) is 1. The number of hydrogen-bond donors (Lipinski definition) is 2. The van der Waals surface area contributed by atoms with Gasteiger partial charge >= 0.3 is 5.97 Å². The van der Waals surface area contributed by atoms with Gasteiger partial charge in [-0.1, -0.05) is 47.1 Å². The Morgan fingerprint density at radius 3 is 2.24 bits per heavy atom. The second kappa shape index (κ2) is 10.2. The molecule has 0 unspecified atom stereocenters. The predicted molar refractivity (Wildman–Crippen MR) is 114 cm³/mol. The summed E-state index contributed by atoms with van der Waals surface area (Å²) in [6, 6.07) is -1.30. The van der Waals surface area contributed by atoms with Gasteiger partial charge in [-0.15, -0.1) is 0 Å². The molecule has 2 amide bonds. The second-order valence-electron chi connectivity index (χ2n) is 9.64. The molecule has 0 aromatic rings. The molecule has 0 radical (unpaired) electrons. The number of nitrogens with zero attached hydrogens (tertiary/aromatic N) is 2. The largest absolute Gasteiger partial charge is 0.478 e. The first kappa shape index (κ1) is 25.1. The third-order valence-corrected chi connectivity index (χ3v) is 5.71. The fraction of sp³-hybridized carbons (Fsp3) is 0.773. The molecule has 1 heterocycles. The van der Waals surface area contributed by atoms with Crippen molar-refractivity contribution in [1.82, 2.24) is 15.1 Å². The van der Waals surface area contributed by atoms with Gasteiger partial charge in [0.15, 0.2) is 0 Å². The highest BCUT2D eigenvalue weighted by molar-refractivity contribution is 5.91. The van der Waals surface area contributed by atoms with Gasteiger partial charge in [0, 0.05) is 12.6 Å². The van der Waals surface area contributed by atoms with Crippen molar-refractivity contribution in [2.45, 2.75) is 78.9 Å². The van der Waals surface area contributed by atoms with Gasteiger partial charge in [0.1, 0.15) is 6.04 Å². The van der Waals surface area contributed by atoms with Crippen molar-refractivity contribution in [3.05, 3.63) is 11.6 Å². The van der Waals surface area contributed by atoms with Crippen LogP contribution in [0.1, 0.15) is 60.8 Å². The summed E-state index contributed by atoms with van der Waals surface area (Å²) in [4.78, 5) is 41.2. The number of carboxylic acid groups (broad SMARTS) is 1. The topological polar surface area (TPSA) is 90.0 Å². The first-order valence-electron chi connectivity index (χ1n) is 10.5. The Kier molecular flexibility index (Phi) is 8.87. The third-order valence-electron chi connectivity index (χ3n) is 5.71. The van der Waals surface area contributed by atoms with Gasteiger partial charge in [0.25, 0.3) is 0 Å². The van der Waals surface area contributed by atoms with Crippen LogP contribution in [0.5, 0.6) is 0 Å². The zero-order valence-corrected chi connectivity index (χ0v) is 19.3. The van der Waals surface area contributed by atoms with Crippen LogP contribution < -0.4 is 5.32 Å². The zero-order chi connectivity index (χ0) is 22.5. The molecule has 2 N–H and O–H groups in total. The summed E-state index contributed by atoms with van der Waals surface area (Å²) >= 11 is 0. The van der Waals surface area contributed by atoms with E-state index in [0.717, 1.165) is 25.8 Å². The summed E-state index contributed by atoms with van der Waals surface area (Å²) in [5.74, 6) is -1.30. The van der Waals surface area contributed by atoms with Crippen molar-refractivity contribution in [2.75, 3.05) is 20.6 Å². The fourth-order valence-corrected chi connectivity index (χ4v) is 3.72. The number of amides is 2. The monoisotopic (exact) mass is 409 g/mol. The van der Waals surface area contributed by atoms with Crippen LogP contribution in [0.25, 0.3) is 0 Å². The summed E-state index contributed by atoms with van der Waals surface area (Å²) in [7, 11) is 3.62. The number of hydrogen-bond acceptors (Lipinski definition) is 4. The lowest BCUT2D eigenvalue weighted by Gasteiger charge is -2.39. The highest BCUT2D eigenvalue weighted by Crippen LogP contribution is 2.25. The van der Waals surface area contributed by atoms with Gasteiger partial charge in [-0.3, -0.25) is 14.5 Å². The number of piperidine rings is 1. The standard InChI is InChI=1S/C22H39N3O4/c1-14(2)17(13-15(3)21(28)29)25(8)20(27)18(22(4,5)6)23-19(26)16-11-9-10-12-24(16)7/h13-14,16-18H,9-12H2,1-8H3,(H,23,26)(H,28,29)/t16-,17+,18+/m0/s1. The molecule has 3 atom stereocenters. The maximum absolute atomic E-state index is 13.4. The zero-order valence-electron chi connectivity index (χ0n) is 19.3. The van der Waals surface area contributed by atoms with E-state index >= 15 is 0 Å². The molecule has 7 heteroatoms. The molecule has 7 nitrogen and oxygen atoms in total. The fourth-order valence-electron chi connectivity index (χ4n) is 3.72. The summed E-state index contributed by atoms with van der Waals surface area (Å²) in [5.41, 5.74) is -0.287. The van der Waals surface area contributed by atoms with Crippen molar-refractivity contribution in [3.8, 4) is 0 Å². The molecular weight excluding hydrogens is 370 g/mol. The highest BCUT2D eigenvalue weighted by Gasteiger charge is 2.39. The van der Waals surface area contributed by atoms with Gasteiger partial charge in [0.2, 0.25) is 11.8 Å². The van der Waals surface area contributed by atoms with Crippen molar-refractivity contribution in [3.63, 3.8) is 0 Å². The molecule has 1 rings (SSSR count). The van der Waals surface area contributed by atoms with Crippen LogP contribution in [0, 0.1) is 11.3 Å². The number of likely N-dealkylation sites (N-methyl/N-ethyl adjacent to an activating group) is 2. The molecule has 0 spiro atoms. The smallest absolute Gasteiger partial charge is 0.331 e. The van der Waals surface area contributed by atoms with Crippen LogP contribution in [0.2, 0.25) is 0 Å². The summed E-state index contributed by atoms with van der Waals surface area (Å²) in [6.45, 7) is 12.1. The minimum absolute atomic E-state index is 0.0269. The molecule has 1 aliphatic rings. The molecular formula is C22H39N3O4. The Morgan fingerprint density at radius 1 is 1.21 bits per heavy atom. The van der Waals surface area contributed by atoms with Gasteiger partial charge in [-0.05, 0) is 44.7 Å². The average Bonchev–Trinajstić information content (AvgIpc) is 2.61. The quantitative estimate of drug-likeness (QED) is 0.631. The Labute approximate surface area is 175 Å². The molecule has 166 valence electrons. The normalized spacial score (nSPS) is 20.9. The van der Waals surface area contributed by atoms with Crippen molar-refractivity contribution < 1.29 is 19.5 Å². The van der Waals surface area contributed by atoms with E-state index in [1.165, 1.54) is 6.92 Å². The van der Waals surface area contributed by atoms with E-state index < -0.39 is 17.4 Å². The molecule has 1 aliphatic heterocycles. The summed E-state index contributed by atoms with van der Waals surface area (Å²) < 4.78 is 0. The number of carbonyl (C=O) groups excluding carboxylic acids is 2. The first-order chi connectivity index (χ1) is 13.3. The molecule has 0 aromatic heterocycles. The van der Waals surface area contributed by atoms with Crippen LogP contribution in [0.4, 0.5) is 0 Å². The molecule has 1 saturated heterocycles. The van der Waals surface area contributed by atoms with Gasteiger partial charge < -0.3 is 15.3 Å². The van der Waals surface area contributed by atoms with Gasteiger partial charge in [-0.2, -0.15) is 0 Å². The Balaban J connectivity index is 3.10. The predicted octanol–water partition coefficient (Wildman–Crippen LogP) is 2.52. The molecule has 0 bridgehead atoms. The minimum atomic E-state index is -1.00. The van der Waals surface area contributed by atoms with Crippen LogP contribution in [-0.2, 0) is 14.4 Å². The second-order valence-corrected chi connectivity index (χ2v) is 9.64. The summed E-state index contributed by atoms with van der Waals surface area (Å²) in [6.07, 6.45) is 4.49. The number of carboxylic acids is 1. The lowest BCUT2D eigenvalue weighted by Crippen LogP contribution is -2.59. The van der Waals surface area contributed by atoms with Crippen molar-refractivity contribution in [1.29, 1.82) is 0 Å². The maximum Gasteiger partial charge on any atom is 0.331 e. The van der Waals surface area contributed by atoms with Crippen molar-refractivity contribution in [2.24, 2.45) is 11.3 Å². The number of likely N-dealkylation sites (tertiary alicyclic amines) is 1. The van der Waals surface area contributed by atoms with E-state index in [2.05, 4.69) is 5.32 Å². The van der Waals surface area contributed by atoms with E-state index in [1.807, 2.05) is 46.6 Å². The molecule has 0 aliphatic carbocycles. The van der Waals surface area contributed by atoms with E-state index in [-0.39, 0.29) is 35.4 Å². The van der Waals surface area contributed by atoms with E-state index in [1.54, 1.807) is 18.0 Å². The maximum atomic E-state index is 13.4. The van der Waals surface area contributed by atoms with Gasteiger partial charge in [0.05, 0.1) is 12.1 Å². The Morgan fingerprint density at radius 2 is 1.79 bits per heavy atom.